The van der Waals surface area contributed by atoms with Crippen LogP contribution in [0.3, 0.4) is 0 Å². The van der Waals surface area contributed by atoms with Crippen LogP contribution in [0.15, 0.2) is 51.7 Å². The summed E-state index contributed by atoms with van der Waals surface area (Å²) in [5.74, 6) is -2.89. The quantitative estimate of drug-likeness (QED) is 0.721. The fourth-order valence-electron chi connectivity index (χ4n) is 2.07. The minimum atomic E-state index is -0.982. The van der Waals surface area contributed by atoms with E-state index in [0.717, 1.165) is 18.2 Å². The maximum Gasteiger partial charge on any atom is 0.349 e. The van der Waals surface area contributed by atoms with Gasteiger partial charge < -0.3 is 9.73 Å². The van der Waals surface area contributed by atoms with Crippen molar-refractivity contribution in [1.82, 2.24) is 0 Å². The van der Waals surface area contributed by atoms with Gasteiger partial charge in [0.2, 0.25) is 0 Å². The van der Waals surface area contributed by atoms with Crippen LogP contribution in [0.5, 0.6) is 0 Å². The lowest BCUT2D eigenvalue weighted by atomic mass is 10.1. The summed E-state index contributed by atoms with van der Waals surface area (Å²) in [6, 6.07) is 9.12. The third-order valence-electron chi connectivity index (χ3n) is 3.16. The molecule has 0 fully saturated rings. The fraction of sp³-hybridized carbons (Fsp3) is 0. The van der Waals surface area contributed by atoms with E-state index in [-0.39, 0.29) is 16.2 Å². The van der Waals surface area contributed by atoms with Crippen LogP contribution in [0.1, 0.15) is 10.4 Å². The second kappa shape index (κ2) is 5.81. The molecule has 0 aliphatic carbocycles. The average molecular weight is 336 g/mol. The van der Waals surface area contributed by atoms with E-state index in [1.54, 1.807) is 12.1 Å². The third kappa shape index (κ3) is 2.80. The second-order valence-electron chi connectivity index (χ2n) is 4.66. The van der Waals surface area contributed by atoms with Crippen LogP contribution in [-0.4, -0.2) is 5.91 Å². The van der Waals surface area contributed by atoms with Crippen LogP contribution in [-0.2, 0) is 0 Å². The molecule has 4 nitrogen and oxygen atoms in total. The van der Waals surface area contributed by atoms with Crippen LogP contribution in [0, 0.1) is 11.6 Å². The molecule has 0 saturated heterocycles. The van der Waals surface area contributed by atoms with Crippen LogP contribution >= 0.6 is 11.6 Å². The molecule has 0 saturated carbocycles. The first kappa shape index (κ1) is 15.2. The highest BCUT2D eigenvalue weighted by molar-refractivity contribution is 6.34. The van der Waals surface area contributed by atoms with Crippen molar-refractivity contribution in [3.63, 3.8) is 0 Å². The molecule has 0 atom stereocenters. The van der Waals surface area contributed by atoms with Gasteiger partial charge in [-0.2, -0.15) is 0 Å². The van der Waals surface area contributed by atoms with Crippen LogP contribution in [0.25, 0.3) is 11.0 Å². The first-order valence-corrected chi connectivity index (χ1v) is 6.83. The van der Waals surface area contributed by atoms with E-state index in [2.05, 4.69) is 0 Å². The molecule has 1 aromatic heterocycles. The Morgan fingerprint density at radius 3 is 2.43 bits per heavy atom. The van der Waals surface area contributed by atoms with Crippen molar-refractivity contribution in [2.24, 2.45) is 0 Å². The van der Waals surface area contributed by atoms with Crippen molar-refractivity contribution in [2.45, 2.75) is 0 Å². The minimum Gasteiger partial charge on any atom is -0.421 e. The number of halogens is 3. The summed E-state index contributed by atoms with van der Waals surface area (Å²) in [6.07, 6.45) is 0. The van der Waals surface area contributed by atoms with Crippen LogP contribution in [0.4, 0.5) is 14.5 Å². The molecular formula is C16H8ClF2NO3. The summed E-state index contributed by atoms with van der Waals surface area (Å²) in [5.41, 5.74) is -1.85. The normalized spacial score (nSPS) is 10.7. The maximum atomic E-state index is 13.6. The Morgan fingerprint density at radius 2 is 1.74 bits per heavy atom. The van der Waals surface area contributed by atoms with Crippen molar-refractivity contribution < 1.29 is 18.0 Å². The lowest BCUT2D eigenvalue weighted by molar-refractivity contribution is 0.102. The Balaban J connectivity index is 2.05. The number of rotatable bonds is 2. The predicted molar refractivity (Wildman–Crippen MR) is 81.8 cm³/mol. The van der Waals surface area contributed by atoms with Gasteiger partial charge in [-0.15, -0.1) is 0 Å². The molecule has 3 aromatic rings. The van der Waals surface area contributed by atoms with E-state index >= 15 is 0 Å². The molecule has 3 rings (SSSR count). The van der Waals surface area contributed by atoms with Gasteiger partial charge in [0.15, 0.2) is 5.58 Å². The Kier molecular flexibility index (Phi) is 3.83. The maximum absolute atomic E-state index is 13.6. The molecule has 1 N–H and O–H groups in total. The highest BCUT2D eigenvalue weighted by Gasteiger charge is 2.18. The molecule has 2 aromatic carbocycles. The Bertz CT molecular complexity index is 964. The van der Waals surface area contributed by atoms with Gasteiger partial charge >= 0.3 is 5.63 Å². The van der Waals surface area contributed by atoms with Crippen molar-refractivity contribution in [1.29, 1.82) is 0 Å². The lowest BCUT2D eigenvalue weighted by Crippen LogP contribution is -2.21. The minimum absolute atomic E-state index is 0.132. The number of amides is 1. The summed E-state index contributed by atoms with van der Waals surface area (Å²) < 4.78 is 32.1. The van der Waals surface area contributed by atoms with Gasteiger partial charge in [0, 0.05) is 5.39 Å². The van der Waals surface area contributed by atoms with E-state index in [1.807, 2.05) is 5.32 Å². The first-order chi connectivity index (χ1) is 11.0. The van der Waals surface area contributed by atoms with E-state index in [4.69, 9.17) is 16.0 Å². The molecule has 0 aliphatic heterocycles. The van der Waals surface area contributed by atoms with Crippen LogP contribution < -0.4 is 10.9 Å². The summed E-state index contributed by atoms with van der Waals surface area (Å²) in [6.45, 7) is 0. The molecule has 0 aliphatic rings. The number of carbonyl (C=O) groups excluding carboxylic acids is 1. The smallest absolute Gasteiger partial charge is 0.349 e. The zero-order valence-electron chi connectivity index (χ0n) is 11.4. The zero-order chi connectivity index (χ0) is 16.6. The molecule has 0 radical (unpaired) electrons. The molecule has 1 heterocycles. The zero-order valence-corrected chi connectivity index (χ0v) is 12.2. The average Bonchev–Trinajstić information content (AvgIpc) is 2.51. The van der Waals surface area contributed by atoms with Gasteiger partial charge in [-0.1, -0.05) is 29.8 Å². The molecule has 0 unspecified atom stereocenters. The SMILES string of the molecule is O=C(Nc1c(F)cccc1F)c1cc2cccc(Cl)c2oc1=O. The molecule has 0 spiro atoms. The first-order valence-electron chi connectivity index (χ1n) is 6.45. The molecule has 1 amide bonds. The third-order valence-corrected chi connectivity index (χ3v) is 3.46. The second-order valence-corrected chi connectivity index (χ2v) is 5.06. The lowest BCUT2D eigenvalue weighted by Gasteiger charge is -2.07. The standard InChI is InChI=1S/C16H8ClF2NO3/c17-10-4-1-3-8-7-9(16(22)23-14(8)10)15(21)20-13-11(18)5-2-6-12(13)19/h1-7H,(H,20,21). The predicted octanol–water partition coefficient (Wildman–Crippen LogP) is 3.98. The van der Waals surface area contributed by atoms with Crippen LogP contribution in [0.2, 0.25) is 5.02 Å². The Morgan fingerprint density at radius 1 is 1.09 bits per heavy atom. The Labute approximate surface area is 133 Å². The Hall–Kier alpha value is -2.73. The number of benzene rings is 2. The molecular weight excluding hydrogens is 328 g/mol. The van der Waals surface area contributed by atoms with Gasteiger partial charge in [0.1, 0.15) is 22.9 Å². The van der Waals surface area contributed by atoms with E-state index in [1.165, 1.54) is 12.1 Å². The monoisotopic (exact) mass is 335 g/mol. The van der Waals surface area contributed by atoms with Gasteiger partial charge in [-0.05, 0) is 24.3 Å². The fourth-order valence-corrected chi connectivity index (χ4v) is 2.29. The number of anilines is 1. The highest BCUT2D eigenvalue weighted by atomic mass is 35.5. The molecule has 0 bridgehead atoms. The van der Waals surface area contributed by atoms with E-state index in [0.29, 0.717) is 5.39 Å². The van der Waals surface area contributed by atoms with Gasteiger partial charge in [-0.3, -0.25) is 4.79 Å². The number of carbonyl (C=O) groups is 1. The number of hydrogen-bond acceptors (Lipinski definition) is 3. The molecule has 23 heavy (non-hydrogen) atoms. The van der Waals surface area contributed by atoms with Gasteiger partial charge in [0.05, 0.1) is 5.02 Å². The van der Waals surface area contributed by atoms with E-state index in [9.17, 15) is 18.4 Å². The van der Waals surface area contributed by atoms with E-state index < -0.39 is 28.9 Å². The van der Waals surface area contributed by atoms with Crippen molar-refractivity contribution >= 4 is 34.2 Å². The molecule has 116 valence electrons. The number of fused-ring (bicyclic) bond motifs is 1. The van der Waals surface area contributed by atoms with Gasteiger partial charge in [0.25, 0.3) is 5.91 Å². The largest absolute Gasteiger partial charge is 0.421 e. The summed E-state index contributed by atoms with van der Waals surface area (Å²) in [4.78, 5) is 24.0. The van der Waals surface area contributed by atoms with Gasteiger partial charge in [-0.25, -0.2) is 13.6 Å². The topological polar surface area (TPSA) is 59.3 Å². The summed E-state index contributed by atoms with van der Waals surface area (Å²) >= 11 is 5.90. The van der Waals surface area contributed by atoms with Crippen molar-refractivity contribution in [3.8, 4) is 0 Å². The van der Waals surface area contributed by atoms with Crippen molar-refractivity contribution in [2.75, 3.05) is 5.32 Å². The summed E-state index contributed by atoms with van der Waals surface area (Å²) in [5, 5.41) is 2.66. The number of hydrogen-bond donors (Lipinski definition) is 1. The molecule has 7 heteroatoms. The van der Waals surface area contributed by atoms with Crippen molar-refractivity contribution in [3.05, 3.63) is 75.1 Å². The number of nitrogens with one attached hydrogen (secondary N) is 1. The number of para-hydroxylation sites is 2. The highest BCUT2D eigenvalue weighted by Crippen LogP contribution is 2.23. The summed E-state index contributed by atoms with van der Waals surface area (Å²) in [7, 11) is 0.